The quantitative estimate of drug-likeness (QED) is 0.893. The Hall–Kier alpha value is -1.35. The molecule has 3 rings (SSSR count). The molecular formula is C18H26N2O. The molecule has 1 unspecified atom stereocenters. The van der Waals surface area contributed by atoms with Crippen molar-refractivity contribution in [3.8, 4) is 0 Å². The van der Waals surface area contributed by atoms with E-state index in [0.29, 0.717) is 0 Å². The summed E-state index contributed by atoms with van der Waals surface area (Å²) in [5.41, 5.74) is 1.75. The third kappa shape index (κ3) is 2.71. The molecule has 1 amide bonds. The summed E-state index contributed by atoms with van der Waals surface area (Å²) in [4.78, 5) is 12.4. The molecule has 2 aliphatic rings. The predicted octanol–water partition coefficient (Wildman–Crippen LogP) is 2.47. The maximum absolute atomic E-state index is 12.4. The van der Waals surface area contributed by atoms with Crippen LogP contribution in [0.2, 0.25) is 0 Å². The van der Waals surface area contributed by atoms with E-state index >= 15 is 0 Å². The maximum atomic E-state index is 12.4. The van der Waals surface area contributed by atoms with Gasteiger partial charge in [-0.15, -0.1) is 0 Å². The lowest BCUT2D eigenvalue weighted by Crippen LogP contribution is -2.43. The molecule has 1 saturated heterocycles. The van der Waals surface area contributed by atoms with Crippen LogP contribution < -0.4 is 10.6 Å². The minimum Gasteiger partial charge on any atom is -0.355 e. The van der Waals surface area contributed by atoms with E-state index < -0.39 is 0 Å². The van der Waals surface area contributed by atoms with E-state index in [4.69, 9.17) is 0 Å². The van der Waals surface area contributed by atoms with E-state index in [2.05, 4.69) is 54.8 Å². The Bertz CT molecular complexity index is 505. The zero-order chi connectivity index (χ0) is 14.9. The lowest BCUT2D eigenvalue weighted by Gasteiger charge is -2.25. The molecular weight excluding hydrogens is 260 g/mol. The van der Waals surface area contributed by atoms with Crippen molar-refractivity contribution in [1.82, 2.24) is 10.6 Å². The number of rotatable bonds is 4. The molecule has 0 radical (unpaired) electrons. The lowest BCUT2D eigenvalue weighted by molar-refractivity contribution is -0.125. The van der Waals surface area contributed by atoms with E-state index in [0.717, 1.165) is 38.9 Å². The second-order valence-corrected chi connectivity index (χ2v) is 7.27. The van der Waals surface area contributed by atoms with Crippen LogP contribution in [0.25, 0.3) is 0 Å². The van der Waals surface area contributed by atoms with E-state index in [1.165, 1.54) is 5.56 Å². The van der Waals surface area contributed by atoms with Crippen LogP contribution in [0, 0.1) is 11.3 Å². The van der Waals surface area contributed by atoms with Crippen LogP contribution in [0.3, 0.4) is 0 Å². The van der Waals surface area contributed by atoms with Crippen molar-refractivity contribution in [2.45, 2.75) is 38.5 Å². The summed E-state index contributed by atoms with van der Waals surface area (Å²) in [6.07, 6.45) is 3.27. The third-order valence-corrected chi connectivity index (χ3v) is 5.47. The molecule has 1 aliphatic heterocycles. The van der Waals surface area contributed by atoms with Crippen molar-refractivity contribution in [2.24, 2.45) is 11.3 Å². The third-order valence-electron chi connectivity index (χ3n) is 5.47. The number of benzene rings is 1. The zero-order valence-corrected chi connectivity index (χ0v) is 13.1. The first-order valence-corrected chi connectivity index (χ1v) is 8.09. The van der Waals surface area contributed by atoms with E-state index in [1.807, 2.05) is 0 Å². The first-order chi connectivity index (χ1) is 10.1. The first-order valence-electron chi connectivity index (χ1n) is 8.09. The normalized spacial score (nSPS) is 30.7. The van der Waals surface area contributed by atoms with E-state index in [-0.39, 0.29) is 22.7 Å². The van der Waals surface area contributed by atoms with Crippen molar-refractivity contribution in [2.75, 3.05) is 19.6 Å². The minimum absolute atomic E-state index is 0.117. The Labute approximate surface area is 127 Å². The number of amides is 1. The average Bonchev–Trinajstić information content (AvgIpc) is 3.09. The lowest BCUT2D eigenvalue weighted by atomic mass is 9.87. The molecule has 0 spiro atoms. The smallest absolute Gasteiger partial charge is 0.224 e. The summed E-state index contributed by atoms with van der Waals surface area (Å²) in [6, 6.07) is 10.6. The molecule has 2 N–H and O–H groups in total. The number of nitrogens with one attached hydrogen (secondary N) is 2. The fourth-order valence-electron chi connectivity index (χ4n) is 3.82. The average molecular weight is 286 g/mol. The highest BCUT2D eigenvalue weighted by Crippen LogP contribution is 2.63. The Kier molecular flexibility index (Phi) is 3.78. The number of hydrogen-bond acceptors (Lipinski definition) is 2. The van der Waals surface area contributed by atoms with Gasteiger partial charge in [-0.1, -0.05) is 44.2 Å². The predicted molar refractivity (Wildman–Crippen MR) is 85.1 cm³/mol. The van der Waals surface area contributed by atoms with Gasteiger partial charge >= 0.3 is 0 Å². The van der Waals surface area contributed by atoms with Gasteiger partial charge in [0.25, 0.3) is 0 Å². The Morgan fingerprint density at radius 2 is 2.05 bits per heavy atom. The summed E-state index contributed by atoms with van der Waals surface area (Å²) in [6.45, 7) is 7.24. The van der Waals surface area contributed by atoms with Crippen molar-refractivity contribution in [3.05, 3.63) is 35.9 Å². The highest BCUT2D eigenvalue weighted by atomic mass is 16.1. The fraction of sp³-hybridized carbons (Fsp3) is 0.611. The summed E-state index contributed by atoms with van der Waals surface area (Å²) in [7, 11) is 0. The molecule has 1 aromatic rings. The SMILES string of the molecule is CC1(C)CC1(CNC(=O)[C@@H]1CCCNC1)c1ccccc1. The molecule has 114 valence electrons. The minimum atomic E-state index is 0.117. The number of hydrogen-bond donors (Lipinski definition) is 2. The van der Waals surface area contributed by atoms with Gasteiger partial charge in [0.1, 0.15) is 0 Å². The topological polar surface area (TPSA) is 41.1 Å². The van der Waals surface area contributed by atoms with E-state index in [9.17, 15) is 4.79 Å². The second-order valence-electron chi connectivity index (χ2n) is 7.27. The van der Waals surface area contributed by atoms with Crippen LogP contribution >= 0.6 is 0 Å². The largest absolute Gasteiger partial charge is 0.355 e. The van der Waals surface area contributed by atoms with Crippen LogP contribution in [0.5, 0.6) is 0 Å². The van der Waals surface area contributed by atoms with Crippen molar-refractivity contribution in [3.63, 3.8) is 0 Å². The highest BCUT2D eigenvalue weighted by Gasteiger charge is 2.61. The summed E-state index contributed by atoms with van der Waals surface area (Å²) >= 11 is 0. The standard InChI is InChI=1S/C18H26N2O/c1-17(2)12-18(17,15-8-4-3-5-9-15)13-20-16(21)14-7-6-10-19-11-14/h3-5,8-9,14,19H,6-7,10-13H2,1-2H3,(H,20,21)/t14-,18?/m1/s1. The van der Waals surface area contributed by atoms with Crippen LogP contribution in [0.15, 0.2) is 30.3 Å². The maximum Gasteiger partial charge on any atom is 0.224 e. The van der Waals surface area contributed by atoms with Gasteiger partial charge in [0, 0.05) is 18.5 Å². The molecule has 1 aliphatic carbocycles. The van der Waals surface area contributed by atoms with Gasteiger partial charge in [-0.25, -0.2) is 0 Å². The molecule has 1 aromatic carbocycles. The van der Waals surface area contributed by atoms with Crippen molar-refractivity contribution in [1.29, 1.82) is 0 Å². The highest BCUT2D eigenvalue weighted by molar-refractivity contribution is 5.79. The number of carbonyl (C=O) groups excluding carboxylic acids is 1. The molecule has 1 heterocycles. The zero-order valence-electron chi connectivity index (χ0n) is 13.1. The molecule has 2 atom stereocenters. The second kappa shape index (κ2) is 5.45. The van der Waals surface area contributed by atoms with Gasteiger partial charge in [0.05, 0.1) is 5.92 Å². The fourth-order valence-corrected chi connectivity index (χ4v) is 3.82. The van der Waals surface area contributed by atoms with Crippen molar-refractivity contribution >= 4 is 5.91 Å². The van der Waals surface area contributed by atoms with Crippen LogP contribution in [-0.2, 0) is 10.2 Å². The Balaban J connectivity index is 1.66. The van der Waals surface area contributed by atoms with Gasteiger partial charge < -0.3 is 10.6 Å². The molecule has 3 heteroatoms. The number of carbonyl (C=O) groups is 1. The Morgan fingerprint density at radius 1 is 1.33 bits per heavy atom. The van der Waals surface area contributed by atoms with Gasteiger partial charge in [0.15, 0.2) is 0 Å². The Morgan fingerprint density at radius 3 is 2.62 bits per heavy atom. The van der Waals surface area contributed by atoms with Crippen molar-refractivity contribution < 1.29 is 4.79 Å². The number of piperidine rings is 1. The van der Waals surface area contributed by atoms with Crippen LogP contribution in [-0.4, -0.2) is 25.5 Å². The van der Waals surface area contributed by atoms with Gasteiger partial charge in [-0.05, 0) is 36.8 Å². The molecule has 1 saturated carbocycles. The van der Waals surface area contributed by atoms with Gasteiger partial charge in [-0.2, -0.15) is 0 Å². The molecule has 21 heavy (non-hydrogen) atoms. The van der Waals surface area contributed by atoms with E-state index in [1.54, 1.807) is 0 Å². The summed E-state index contributed by atoms with van der Waals surface area (Å²) in [5.74, 6) is 0.369. The molecule has 0 bridgehead atoms. The van der Waals surface area contributed by atoms with Gasteiger partial charge in [0.2, 0.25) is 5.91 Å². The van der Waals surface area contributed by atoms with Gasteiger partial charge in [-0.3, -0.25) is 4.79 Å². The molecule has 2 fully saturated rings. The summed E-state index contributed by atoms with van der Waals surface area (Å²) in [5, 5.41) is 6.55. The summed E-state index contributed by atoms with van der Waals surface area (Å²) < 4.78 is 0. The van der Waals surface area contributed by atoms with Crippen LogP contribution in [0.4, 0.5) is 0 Å². The monoisotopic (exact) mass is 286 g/mol. The first kappa shape index (κ1) is 14.6. The van der Waals surface area contributed by atoms with Crippen LogP contribution in [0.1, 0.15) is 38.7 Å². The molecule has 3 nitrogen and oxygen atoms in total. The molecule has 0 aromatic heterocycles.